The van der Waals surface area contributed by atoms with Gasteiger partial charge in [-0.2, -0.15) is 4.37 Å². The van der Waals surface area contributed by atoms with Crippen molar-refractivity contribution in [1.82, 2.24) is 4.37 Å². The smallest absolute Gasteiger partial charge is 0.266 e. The minimum atomic E-state index is -0.416. The summed E-state index contributed by atoms with van der Waals surface area (Å²) in [6, 6.07) is 14.0. The predicted octanol–water partition coefficient (Wildman–Crippen LogP) is 4.14. The number of hydrogen-bond donors (Lipinski definition) is 0. The Morgan fingerprint density at radius 2 is 1.82 bits per heavy atom. The molecule has 0 saturated heterocycles. The van der Waals surface area contributed by atoms with Gasteiger partial charge in [0.15, 0.2) is 5.82 Å². The van der Waals surface area contributed by atoms with Crippen molar-refractivity contribution in [2.45, 2.75) is 6.92 Å². The average molecular weight is 331 g/mol. The first-order valence-corrected chi connectivity index (χ1v) is 7.68. The Morgan fingerprint density at radius 3 is 2.50 bits per heavy atom. The maximum atomic E-state index is 12.7. The SMILES string of the molecule is CC(=O)N(C(=O)c1ccccc1)c1nsc2cccc(Cl)c12. The summed E-state index contributed by atoms with van der Waals surface area (Å²) >= 11 is 7.43. The van der Waals surface area contributed by atoms with Gasteiger partial charge in [-0.15, -0.1) is 0 Å². The first kappa shape index (κ1) is 14.7. The van der Waals surface area contributed by atoms with E-state index in [0.29, 0.717) is 16.0 Å². The number of nitrogens with zero attached hydrogens (tertiary/aromatic N) is 2. The van der Waals surface area contributed by atoms with Crippen molar-refractivity contribution in [3.05, 3.63) is 59.1 Å². The molecule has 0 bridgehead atoms. The van der Waals surface area contributed by atoms with Gasteiger partial charge in [-0.25, -0.2) is 4.90 Å². The zero-order valence-electron chi connectivity index (χ0n) is 11.6. The third kappa shape index (κ3) is 2.49. The van der Waals surface area contributed by atoms with Gasteiger partial charge in [-0.05, 0) is 35.8 Å². The molecule has 0 N–H and O–H groups in total. The van der Waals surface area contributed by atoms with E-state index in [9.17, 15) is 9.59 Å². The number of amides is 2. The maximum absolute atomic E-state index is 12.7. The summed E-state index contributed by atoms with van der Waals surface area (Å²) < 4.78 is 5.09. The summed E-state index contributed by atoms with van der Waals surface area (Å²) in [4.78, 5) is 25.8. The number of aromatic nitrogens is 1. The Bertz CT molecular complexity index is 861. The molecule has 0 unspecified atom stereocenters. The van der Waals surface area contributed by atoms with Crippen molar-refractivity contribution in [2.24, 2.45) is 0 Å². The largest absolute Gasteiger partial charge is 0.274 e. The molecule has 0 aliphatic heterocycles. The second kappa shape index (κ2) is 5.87. The molecule has 0 aliphatic rings. The Balaban J connectivity index is 2.16. The molecule has 3 aromatic rings. The normalized spacial score (nSPS) is 10.6. The summed E-state index contributed by atoms with van der Waals surface area (Å²) in [5, 5.41) is 1.09. The summed E-state index contributed by atoms with van der Waals surface area (Å²) in [6.07, 6.45) is 0. The number of rotatable bonds is 2. The van der Waals surface area contributed by atoms with Crippen LogP contribution in [0.15, 0.2) is 48.5 Å². The number of fused-ring (bicyclic) bond motifs is 1. The molecular formula is C16H11ClN2O2S. The second-order valence-corrected chi connectivity index (χ2v) is 5.86. The molecule has 0 spiro atoms. The molecule has 0 saturated carbocycles. The molecule has 2 aromatic carbocycles. The van der Waals surface area contributed by atoms with Crippen molar-refractivity contribution in [2.75, 3.05) is 4.90 Å². The van der Waals surface area contributed by atoms with Crippen LogP contribution in [-0.4, -0.2) is 16.2 Å². The summed E-state index contributed by atoms with van der Waals surface area (Å²) in [5.41, 5.74) is 0.422. The van der Waals surface area contributed by atoms with Gasteiger partial charge >= 0.3 is 0 Å². The lowest BCUT2D eigenvalue weighted by molar-refractivity contribution is -0.115. The molecule has 4 nitrogen and oxygen atoms in total. The highest BCUT2D eigenvalue weighted by Gasteiger charge is 2.26. The molecule has 1 aromatic heterocycles. The van der Waals surface area contributed by atoms with E-state index in [4.69, 9.17) is 11.6 Å². The number of carbonyl (C=O) groups is 2. The van der Waals surface area contributed by atoms with Crippen molar-refractivity contribution >= 4 is 50.9 Å². The Hall–Kier alpha value is -2.24. The Kier molecular flexibility index (Phi) is 3.92. The molecular weight excluding hydrogens is 320 g/mol. The third-order valence-electron chi connectivity index (χ3n) is 3.18. The first-order chi connectivity index (χ1) is 10.6. The highest BCUT2D eigenvalue weighted by Crippen LogP contribution is 2.35. The second-order valence-electron chi connectivity index (χ2n) is 4.64. The maximum Gasteiger partial charge on any atom is 0.266 e. The molecule has 3 rings (SSSR count). The molecule has 0 radical (unpaired) electrons. The van der Waals surface area contributed by atoms with Crippen LogP contribution in [0.5, 0.6) is 0 Å². The van der Waals surface area contributed by atoms with Crippen LogP contribution in [0.25, 0.3) is 10.1 Å². The number of imide groups is 1. The van der Waals surface area contributed by atoms with Gasteiger partial charge in [0.05, 0.1) is 15.1 Å². The molecule has 22 heavy (non-hydrogen) atoms. The molecule has 0 atom stereocenters. The van der Waals surface area contributed by atoms with E-state index in [1.54, 1.807) is 30.3 Å². The topological polar surface area (TPSA) is 50.3 Å². The minimum Gasteiger partial charge on any atom is -0.274 e. The van der Waals surface area contributed by atoms with Crippen LogP contribution in [-0.2, 0) is 4.79 Å². The van der Waals surface area contributed by atoms with Crippen LogP contribution >= 0.6 is 23.1 Å². The zero-order valence-corrected chi connectivity index (χ0v) is 13.2. The van der Waals surface area contributed by atoms with Gasteiger partial charge in [-0.1, -0.05) is 35.9 Å². The summed E-state index contributed by atoms with van der Waals surface area (Å²) in [5.74, 6) is -0.534. The van der Waals surface area contributed by atoms with Crippen molar-refractivity contribution in [3.8, 4) is 0 Å². The number of halogens is 1. The lowest BCUT2D eigenvalue weighted by Gasteiger charge is -2.17. The highest BCUT2D eigenvalue weighted by atomic mass is 35.5. The molecule has 6 heteroatoms. The van der Waals surface area contributed by atoms with Gasteiger partial charge in [0.1, 0.15) is 0 Å². The van der Waals surface area contributed by atoms with Crippen LogP contribution in [0.2, 0.25) is 5.02 Å². The fourth-order valence-corrected chi connectivity index (χ4v) is 3.29. The van der Waals surface area contributed by atoms with Gasteiger partial charge in [0.2, 0.25) is 5.91 Å². The molecule has 110 valence electrons. The summed E-state index contributed by atoms with van der Waals surface area (Å²) in [7, 11) is 0. The fraction of sp³-hybridized carbons (Fsp3) is 0.0625. The van der Waals surface area contributed by atoms with E-state index in [0.717, 1.165) is 9.60 Å². The van der Waals surface area contributed by atoms with Gasteiger partial charge < -0.3 is 0 Å². The number of hydrogen-bond acceptors (Lipinski definition) is 4. The summed E-state index contributed by atoms with van der Waals surface area (Å²) in [6.45, 7) is 1.34. The van der Waals surface area contributed by atoms with Crippen LogP contribution in [0.3, 0.4) is 0 Å². The van der Waals surface area contributed by atoms with E-state index < -0.39 is 11.8 Å². The van der Waals surface area contributed by atoms with Crippen LogP contribution in [0.4, 0.5) is 5.82 Å². The number of benzene rings is 2. The lowest BCUT2D eigenvalue weighted by Crippen LogP contribution is -2.35. The van der Waals surface area contributed by atoms with Crippen molar-refractivity contribution < 1.29 is 9.59 Å². The van der Waals surface area contributed by atoms with E-state index in [-0.39, 0.29) is 5.82 Å². The van der Waals surface area contributed by atoms with E-state index >= 15 is 0 Å². The number of anilines is 1. The Labute approximate surface area is 136 Å². The quantitative estimate of drug-likeness (QED) is 0.709. The van der Waals surface area contributed by atoms with Crippen molar-refractivity contribution in [3.63, 3.8) is 0 Å². The molecule has 1 heterocycles. The molecule has 0 fully saturated rings. The first-order valence-electron chi connectivity index (χ1n) is 6.53. The van der Waals surface area contributed by atoms with Gasteiger partial charge in [0, 0.05) is 12.5 Å². The van der Waals surface area contributed by atoms with Crippen LogP contribution in [0, 0.1) is 0 Å². The fourth-order valence-electron chi connectivity index (χ4n) is 2.19. The lowest BCUT2D eigenvalue weighted by atomic mass is 10.2. The van der Waals surface area contributed by atoms with E-state index in [2.05, 4.69) is 4.37 Å². The number of carbonyl (C=O) groups excluding carboxylic acids is 2. The van der Waals surface area contributed by atoms with Crippen molar-refractivity contribution in [1.29, 1.82) is 0 Å². The van der Waals surface area contributed by atoms with E-state index in [1.165, 1.54) is 18.5 Å². The van der Waals surface area contributed by atoms with E-state index in [1.807, 2.05) is 18.2 Å². The third-order valence-corrected chi connectivity index (χ3v) is 4.30. The molecule has 0 aliphatic carbocycles. The minimum absolute atomic E-state index is 0.284. The molecule has 2 amide bonds. The van der Waals surface area contributed by atoms with Gasteiger partial charge in [-0.3, -0.25) is 9.59 Å². The monoisotopic (exact) mass is 330 g/mol. The average Bonchev–Trinajstić information content (AvgIpc) is 2.93. The standard InChI is InChI=1S/C16H11ClN2O2S/c1-10(20)19(16(21)11-6-3-2-4-7-11)15-14-12(17)8-5-9-13(14)22-18-15/h2-9H,1H3. The Morgan fingerprint density at radius 1 is 1.09 bits per heavy atom. The predicted molar refractivity (Wildman–Crippen MR) is 88.6 cm³/mol. The van der Waals surface area contributed by atoms with Crippen LogP contribution < -0.4 is 4.90 Å². The van der Waals surface area contributed by atoms with Crippen LogP contribution in [0.1, 0.15) is 17.3 Å². The zero-order chi connectivity index (χ0) is 15.7. The highest BCUT2D eigenvalue weighted by molar-refractivity contribution is 7.14. The van der Waals surface area contributed by atoms with Gasteiger partial charge in [0.25, 0.3) is 5.91 Å².